The van der Waals surface area contributed by atoms with Gasteiger partial charge in [0.25, 0.3) is 0 Å². The number of carbonyl (C=O) groups excluding carboxylic acids is 2. The molecular weight excluding hydrogens is 348 g/mol. The number of aromatic amines is 1. The number of anilines is 2. The van der Waals surface area contributed by atoms with Crippen LogP contribution in [0.15, 0.2) is 48.5 Å². The summed E-state index contributed by atoms with van der Waals surface area (Å²) in [5, 5.41) is 5.58. The maximum Gasteiger partial charge on any atom is 0.234 e. The zero-order valence-corrected chi connectivity index (χ0v) is 15.2. The molecule has 2 aromatic carbocycles. The molecule has 26 heavy (non-hydrogen) atoms. The average molecular weight is 368 g/mol. The number of aromatic nitrogens is 2. The van der Waals surface area contributed by atoms with Gasteiger partial charge in [-0.05, 0) is 31.2 Å². The van der Waals surface area contributed by atoms with Crippen LogP contribution in [-0.2, 0) is 9.59 Å². The first-order valence-electron chi connectivity index (χ1n) is 8.29. The van der Waals surface area contributed by atoms with Crippen LogP contribution in [0.5, 0.6) is 0 Å². The molecule has 3 N–H and O–H groups in total. The van der Waals surface area contributed by atoms with Gasteiger partial charge in [-0.2, -0.15) is 11.8 Å². The van der Waals surface area contributed by atoms with E-state index in [0.29, 0.717) is 23.9 Å². The van der Waals surface area contributed by atoms with Crippen LogP contribution >= 0.6 is 11.8 Å². The lowest BCUT2D eigenvalue weighted by Gasteiger charge is -2.05. The molecule has 7 heteroatoms. The van der Waals surface area contributed by atoms with Gasteiger partial charge in [0, 0.05) is 17.9 Å². The number of carbonyl (C=O) groups is 2. The average Bonchev–Trinajstić information content (AvgIpc) is 3.03. The van der Waals surface area contributed by atoms with Crippen LogP contribution in [0.2, 0.25) is 0 Å². The number of benzene rings is 2. The fourth-order valence-electron chi connectivity index (χ4n) is 2.37. The van der Waals surface area contributed by atoms with Crippen molar-refractivity contribution in [3.8, 4) is 0 Å². The fraction of sp³-hybridized carbons (Fsp3) is 0.211. The number of hydrogen-bond donors (Lipinski definition) is 3. The highest BCUT2D eigenvalue weighted by atomic mass is 32.2. The maximum absolute atomic E-state index is 12.0. The van der Waals surface area contributed by atoms with E-state index in [4.69, 9.17) is 0 Å². The predicted octanol–water partition coefficient (Wildman–Crippen LogP) is 3.57. The Kier molecular flexibility index (Phi) is 5.91. The van der Waals surface area contributed by atoms with Crippen molar-refractivity contribution in [1.29, 1.82) is 0 Å². The van der Waals surface area contributed by atoms with Crippen molar-refractivity contribution in [2.24, 2.45) is 0 Å². The summed E-state index contributed by atoms with van der Waals surface area (Å²) in [7, 11) is 0. The molecule has 0 aliphatic heterocycles. The monoisotopic (exact) mass is 368 g/mol. The summed E-state index contributed by atoms with van der Waals surface area (Å²) in [4.78, 5) is 31.2. The molecule has 1 heterocycles. The largest absolute Gasteiger partial charge is 0.325 e. The lowest BCUT2D eigenvalue weighted by Crippen LogP contribution is -2.16. The number of imidazole rings is 1. The number of nitrogens with one attached hydrogen (secondary N) is 3. The summed E-state index contributed by atoms with van der Waals surface area (Å²) in [5.41, 5.74) is 3.62. The summed E-state index contributed by atoms with van der Waals surface area (Å²) in [5.74, 6) is 1.12. The molecular formula is C19H20N4O2S. The number of rotatable bonds is 7. The number of thioether (sulfide) groups is 1. The van der Waals surface area contributed by atoms with Gasteiger partial charge in [0.05, 0.1) is 16.8 Å². The number of amides is 2. The van der Waals surface area contributed by atoms with Crippen LogP contribution in [0.1, 0.15) is 12.0 Å². The third-order valence-corrected chi connectivity index (χ3v) is 4.65. The van der Waals surface area contributed by atoms with Gasteiger partial charge in [0.2, 0.25) is 17.8 Å². The molecule has 0 fully saturated rings. The minimum absolute atomic E-state index is 0.0726. The van der Waals surface area contributed by atoms with Gasteiger partial charge in [0.15, 0.2) is 0 Å². The van der Waals surface area contributed by atoms with E-state index in [0.717, 1.165) is 22.3 Å². The highest BCUT2D eigenvalue weighted by Gasteiger charge is 2.08. The van der Waals surface area contributed by atoms with Gasteiger partial charge >= 0.3 is 0 Å². The SMILES string of the molecule is Cc1ccc(NC(=O)CSCCC(=O)Nc2nc3ccccc3[nH]2)cc1. The lowest BCUT2D eigenvalue weighted by molar-refractivity contribution is -0.116. The van der Waals surface area contributed by atoms with Crippen LogP contribution in [-0.4, -0.2) is 33.3 Å². The summed E-state index contributed by atoms with van der Waals surface area (Å²) < 4.78 is 0. The van der Waals surface area contributed by atoms with Crippen molar-refractivity contribution in [3.63, 3.8) is 0 Å². The van der Waals surface area contributed by atoms with E-state index in [1.54, 1.807) is 0 Å². The van der Waals surface area contributed by atoms with Gasteiger partial charge in [-0.25, -0.2) is 4.98 Å². The van der Waals surface area contributed by atoms with Crippen LogP contribution in [0.3, 0.4) is 0 Å². The number of fused-ring (bicyclic) bond motifs is 1. The zero-order valence-electron chi connectivity index (χ0n) is 14.4. The third kappa shape index (κ3) is 5.10. The van der Waals surface area contributed by atoms with E-state index in [1.807, 2.05) is 55.5 Å². The van der Waals surface area contributed by atoms with Crippen molar-refractivity contribution in [2.75, 3.05) is 22.1 Å². The van der Waals surface area contributed by atoms with Crippen molar-refractivity contribution < 1.29 is 9.59 Å². The molecule has 0 aliphatic rings. The fourth-order valence-corrected chi connectivity index (χ4v) is 3.10. The topological polar surface area (TPSA) is 86.9 Å². The number of aryl methyl sites for hydroxylation is 1. The van der Waals surface area contributed by atoms with Gasteiger partial charge < -0.3 is 10.3 Å². The van der Waals surface area contributed by atoms with Gasteiger partial charge in [-0.3, -0.25) is 14.9 Å². The number of H-pyrrole nitrogens is 1. The molecule has 0 saturated heterocycles. The van der Waals surface area contributed by atoms with E-state index in [9.17, 15) is 9.59 Å². The van der Waals surface area contributed by atoms with E-state index in [-0.39, 0.29) is 11.8 Å². The maximum atomic E-state index is 12.0. The van der Waals surface area contributed by atoms with Gasteiger partial charge in [-0.1, -0.05) is 29.8 Å². The van der Waals surface area contributed by atoms with Crippen LogP contribution in [0.25, 0.3) is 11.0 Å². The second-order valence-corrected chi connectivity index (χ2v) is 6.97. The molecule has 3 aromatic rings. The molecule has 3 rings (SSSR count). The predicted molar refractivity (Wildman–Crippen MR) is 106 cm³/mol. The van der Waals surface area contributed by atoms with Crippen LogP contribution in [0, 0.1) is 6.92 Å². The Bertz CT molecular complexity index is 872. The molecule has 2 amide bonds. The molecule has 0 aliphatic carbocycles. The molecule has 0 saturated carbocycles. The molecule has 0 unspecified atom stereocenters. The molecule has 134 valence electrons. The molecule has 6 nitrogen and oxygen atoms in total. The van der Waals surface area contributed by atoms with Gasteiger partial charge in [-0.15, -0.1) is 0 Å². The quantitative estimate of drug-likeness (QED) is 0.557. The highest BCUT2D eigenvalue weighted by molar-refractivity contribution is 7.99. The molecule has 0 bridgehead atoms. The minimum atomic E-state index is -0.129. The van der Waals surface area contributed by atoms with Crippen LogP contribution in [0.4, 0.5) is 11.6 Å². The normalized spacial score (nSPS) is 10.7. The molecule has 1 aromatic heterocycles. The first-order valence-corrected chi connectivity index (χ1v) is 9.44. The summed E-state index contributed by atoms with van der Waals surface area (Å²) >= 11 is 1.42. The van der Waals surface area contributed by atoms with E-state index in [2.05, 4.69) is 20.6 Å². The van der Waals surface area contributed by atoms with Gasteiger partial charge in [0.1, 0.15) is 0 Å². The molecule has 0 spiro atoms. The lowest BCUT2D eigenvalue weighted by atomic mass is 10.2. The van der Waals surface area contributed by atoms with Crippen molar-refractivity contribution >= 4 is 46.2 Å². The first kappa shape index (κ1) is 18.0. The van der Waals surface area contributed by atoms with E-state index in [1.165, 1.54) is 11.8 Å². The molecule has 0 atom stereocenters. The Labute approximate surface area is 155 Å². The van der Waals surface area contributed by atoms with Crippen molar-refractivity contribution in [1.82, 2.24) is 9.97 Å². The number of hydrogen-bond acceptors (Lipinski definition) is 4. The third-order valence-electron chi connectivity index (χ3n) is 3.69. The Hall–Kier alpha value is -2.80. The van der Waals surface area contributed by atoms with Crippen molar-refractivity contribution in [2.45, 2.75) is 13.3 Å². The Morgan fingerprint density at radius 2 is 1.81 bits per heavy atom. The van der Waals surface area contributed by atoms with Crippen LogP contribution < -0.4 is 10.6 Å². The second kappa shape index (κ2) is 8.53. The number of nitrogens with zero attached hydrogens (tertiary/aromatic N) is 1. The first-order chi connectivity index (χ1) is 12.6. The Balaban J connectivity index is 1.37. The van der Waals surface area contributed by atoms with E-state index >= 15 is 0 Å². The number of para-hydroxylation sites is 2. The Morgan fingerprint density at radius 3 is 2.58 bits per heavy atom. The standard InChI is InChI=1S/C19H20N4O2S/c1-13-6-8-14(9-7-13)20-18(25)12-26-11-10-17(24)23-19-21-15-4-2-3-5-16(15)22-19/h2-9H,10-12H2,1H3,(H,20,25)(H2,21,22,23,24). The smallest absolute Gasteiger partial charge is 0.234 e. The summed E-state index contributed by atoms with van der Waals surface area (Å²) in [6.45, 7) is 2.00. The Morgan fingerprint density at radius 1 is 1.04 bits per heavy atom. The van der Waals surface area contributed by atoms with Crippen molar-refractivity contribution in [3.05, 3.63) is 54.1 Å². The second-order valence-electron chi connectivity index (χ2n) is 5.87. The molecule has 0 radical (unpaired) electrons. The zero-order chi connectivity index (χ0) is 18.4. The summed E-state index contributed by atoms with van der Waals surface area (Å²) in [6.07, 6.45) is 0.319. The highest BCUT2D eigenvalue weighted by Crippen LogP contribution is 2.14. The minimum Gasteiger partial charge on any atom is -0.325 e. The summed E-state index contributed by atoms with van der Waals surface area (Å²) in [6, 6.07) is 15.2. The van der Waals surface area contributed by atoms with E-state index < -0.39 is 0 Å².